The molecule has 0 radical (unpaired) electrons. The molecule has 2 aromatic heterocycles. The first-order chi connectivity index (χ1) is 20.3. The van der Waals surface area contributed by atoms with Crippen LogP contribution in [0.3, 0.4) is 0 Å². The highest BCUT2D eigenvalue weighted by Gasteiger charge is 2.35. The predicted octanol–water partition coefficient (Wildman–Crippen LogP) is 4.26. The maximum atomic E-state index is 14.4. The number of benzene rings is 2. The van der Waals surface area contributed by atoms with Crippen LogP contribution in [0.15, 0.2) is 48.8 Å². The van der Waals surface area contributed by atoms with E-state index in [0.717, 1.165) is 30.4 Å². The third kappa shape index (κ3) is 5.21. The molecule has 2 aromatic carbocycles. The zero-order valence-electron chi connectivity index (χ0n) is 23.9. The lowest BCUT2D eigenvalue weighted by atomic mass is 9.80. The molecular formula is C31H33FN6O4. The maximum Gasteiger partial charge on any atom is 0.260 e. The number of fused-ring (bicyclic) bond motifs is 1. The van der Waals surface area contributed by atoms with Crippen molar-refractivity contribution in [1.29, 1.82) is 0 Å². The number of carbonyl (C=O) groups excluding carboxylic acids is 1. The number of rotatable bonds is 10. The van der Waals surface area contributed by atoms with Crippen molar-refractivity contribution in [1.82, 2.24) is 25.1 Å². The average molecular weight is 573 g/mol. The Balaban J connectivity index is 1.35. The van der Waals surface area contributed by atoms with E-state index in [1.807, 2.05) is 19.1 Å². The number of nitrogens with one attached hydrogen (secondary N) is 1. The molecule has 0 saturated heterocycles. The van der Waals surface area contributed by atoms with Crippen LogP contribution in [0.5, 0.6) is 11.6 Å². The van der Waals surface area contributed by atoms with Crippen LogP contribution in [0, 0.1) is 5.82 Å². The van der Waals surface area contributed by atoms with E-state index in [4.69, 9.17) is 9.47 Å². The SMILES string of the molecule is CCOc1cc(-c2ccc(F)cc2-c2nncn2C)cc(N2Cc3c(OC)cc(CNCC4(O)CCC4)cc3C2=O)n1. The summed E-state index contributed by atoms with van der Waals surface area (Å²) in [5.41, 5.74) is 3.50. The lowest BCUT2D eigenvalue weighted by Crippen LogP contribution is -2.45. The Hall–Kier alpha value is -4.35. The van der Waals surface area contributed by atoms with Crippen LogP contribution < -0.4 is 19.7 Å². The van der Waals surface area contributed by atoms with Gasteiger partial charge in [-0.05, 0) is 73.2 Å². The fourth-order valence-electron chi connectivity index (χ4n) is 5.59. The Kier molecular flexibility index (Phi) is 7.38. The second-order valence-electron chi connectivity index (χ2n) is 10.8. The molecule has 1 aliphatic heterocycles. The number of hydrogen-bond donors (Lipinski definition) is 2. The van der Waals surface area contributed by atoms with Gasteiger partial charge < -0.3 is 24.5 Å². The molecule has 0 spiro atoms. The first kappa shape index (κ1) is 27.8. The number of aryl methyl sites for hydroxylation is 1. The molecule has 11 heteroatoms. The van der Waals surface area contributed by atoms with Crippen LogP contribution in [0.25, 0.3) is 22.5 Å². The molecule has 6 rings (SSSR count). The monoisotopic (exact) mass is 572 g/mol. The van der Waals surface area contributed by atoms with Gasteiger partial charge >= 0.3 is 0 Å². The van der Waals surface area contributed by atoms with Gasteiger partial charge in [0.15, 0.2) is 5.82 Å². The van der Waals surface area contributed by atoms with E-state index in [9.17, 15) is 14.3 Å². The van der Waals surface area contributed by atoms with E-state index in [0.29, 0.717) is 65.2 Å². The summed E-state index contributed by atoms with van der Waals surface area (Å²) in [5.74, 6) is 1.25. The van der Waals surface area contributed by atoms with Crippen LogP contribution >= 0.6 is 0 Å². The Labute approximate surface area is 243 Å². The number of hydrogen-bond acceptors (Lipinski definition) is 8. The molecule has 1 saturated carbocycles. The molecule has 1 amide bonds. The minimum absolute atomic E-state index is 0.206. The standard InChI is InChI=1S/C31H33FN6O4/c1-4-42-28-13-20(22-7-6-21(32)14-23(22)29-36-34-18-37(29)2)12-27(35-28)38-16-25-24(30(38)39)10-19(11-26(25)41-3)15-33-17-31(40)8-5-9-31/h6-7,10-14,18,33,40H,4-5,8-9,15-17H2,1-3H3. The molecule has 0 bridgehead atoms. The highest BCUT2D eigenvalue weighted by Crippen LogP contribution is 2.39. The molecular weight excluding hydrogens is 539 g/mol. The largest absolute Gasteiger partial charge is 0.496 e. The maximum absolute atomic E-state index is 14.4. The van der Waals surface area contributed by atoms with Crippen molar-refractivity contribution in [3.05, 3.63) is 71.3 Å². The molecule has 42 heavy (non-hydrogen) atoms. The minimum Gasteiger partial charge on any atom is -0.496 e. The van der Waals surface area contributed by atoms with Gasteiger partial charge in [-0.2, -0.15) is 4.98 Å². The zero-order valence-corrected chi connectivity index (χ0v) is 23.9. The molecule has 0 unspecified atom stereocenters. The Morgan fingerprint density at radius 3 is 2.64 bits per heavy atom. The third-order valence-corrected chi connectivity index (χ3v) is 7.95. The number of anilines is 1. The fourth-order valence-corrected chi connectivity index (χ4v) is 5.59. The second kappa shape index (κ2) is 11.1. The summed E-state index contributed by atoms with van der Waals surface area (Å²) in [6.07, 6.45) is 4.20. The molecule has 4 aromatic rings. The summed E-state index contributed by atoms with van der Waals surface area (Å²) in [6.45, 7) is 3.51. The Morgan fingerprint density at radius 2 is 1.95 bits per heavy atom. The highest BCUT2D eigenvalue weighted by atomic mass is 19.1. The van der Waals surface area contributed by atoms with Gasteiger partial charge in [-0.1, -0.05) is 6.07 Å². The smallest absolute Gasteiger partial charge is 0.260 e. The van der Waals surface area contributed by atoms with Crippen LogP contribution in [-0.4, -0.2) is 56.6 Å². The van der Waals surface area contributed by atoms with Gasteiger partial charge in [-0.15, -0.1) is 10.2 Å². The van der Waals surface area contributed by atoms with Crippen molar-refractivity contribution in [2.45, 2.75) is 44.9 Å². The van der Waals surface area contributed by atoms with Crippen LogP contribution in [0.2, 0.25) is 0 Å². The van der Waals surface area contributed by atoms with Crippen molar-refractivity contribution < 1.29 is 23.8 Å². The molecule has 0 atom stereocenters. The summed E-state index contributed by atoms with van der Waals surface area (Å²) in [4.78, 5) is 20.1. The van der Waals surface area contributed by atoms with Gasteiger partial charge in [0.1, 0.15) is 23.7 Å². The molecule has 1 aliphatic carbocycles. The number of halogens is 1. The second-order valence-corrected chi connectivity index (χ2v) is 10.8. The van der Waals surface area contributed by atoms with E-state index >= 15 is 0 Å². The molecule has 10 nitrogen and oxygen atoms in total. The first-order valence-electron chi connectivity index (χ1n) is 14.0. The van der Waals surface area contributed by atoms with Gasteiger partial charge in [-0.3, -0.25) is 9.69 Å². The first-order valence-corrected chi connectivity index (χ1v) is 14.0. The van der Waals surface area contributed by atoms with Gasteiger partial charge in [-0.25, -0.2) is 4.39 Å². The van der Waals surface area contributed by atoms with Crippen molar-refractivity contribution >= 4 is 11.7 Å². The van der Waals surface area contributed by atoms with Crippen molar-refractivity contribution in [2.24, 2.45) is 7.05 Å². The number of aliphatic hydroxyl groups is 1. The number of nitrogens with zero attached hydrogens (tertiary/aromatic N) is 5. The summed E-state index contributed by atoms with van der Waals surface area (Å²) in [6, 6.07) is 11.8. The summed E-state index contributed by atoms with van der Waals surface area (Å²) >= 11 is 0. The number of pyridine rings is 1. The predicted molar refractivity (Wildman–Crippen MR) is 155 cm³/mol. The van der Waals surface area contributed by atoms with Crippen LogP contribution in [0.1, 0.15) is 47.7 Å². The number of carbonyl (C=O) groups is 1. The third-order valence-electron chi connectivity index (χ3n) is 7.95. The Bertz CT molecular complexity index is 1650. The van der Waals surface area contributed by atoms with E-state index in [2.05, 4.69) is 20.5 Å². The quantitative estimate of drug-likeness (QED) is 0.290. The van der Waals surface area contributed by atoms with Crippen molar-refractivity contribution in [3.63, 3.8) is 0 Å². The number of aromatic nitrogens is 4. The number of ether oxygens (including phenoxy) is 2. The highest BCUT2D eigenvalue weighted by molar-refractivity contribution is 6.10. The van der Waals surface area contributed by atoms with E-state index < -0.39 is 11.4 Å². The lowest BCUT2D eigenvalue weighted by Gasteiger charge is -2.36. The van der Waals surface area contributed by atoms with Crippen LogP contribution in [-0.2, 0) is 20.1 Å². The molecule has 3 heterocycles. The van der Waals surface area contributed by atoms with E-state index in [1.165, 1.54) is 12.1 Å². The summed E-state index contributed by atoms with van der Waals surface area (Å²) in [7, 11) is 3.38. The number of amides is 1. The molecule has 2 aliphatic rings. The van der Waals surface area contributed by atoms with Gasteiger partial charge in [0.25, 0.3) is 5.91 Å². The Morgan fingerprint density at radius 1 is 1.12 bits per heavy atom. The average Bonchev–Trinajstić information content (AvgIpc) is 3.54. The lowest BCUT2D eigenvalue weighted by molar-refractivity contribution is -0.0314. The topological polar surface area (TPSA) is 115 Å². The van der Waals surface area contributed by atoms with Gasteiger partial charge in [0.05, 0.1) is 25.9 Å². The molecule has 218 valence electrons. The zero-order chi connectivity index (χ0) is 29.4. The van der Waals surface area contributed by atoms with Gasteiger partial charge in [0.2, 0.25) is 5.88 Å². The van der Waals surface area contributed by atoms with E-state index in [-0.39, 0.29) is 12.5 Å². The normalized spacial score (nSPS) is 15.5. The summed E-state index contributed by atoms with van der Waals surface area (Å²) in [5, 5.41) is 21.9. The minimum atomic E-state index is -0.639. The molecule has 2 N–H and O–H groups in total. The van der Waals surface area contributed by atoms with Crippen molar-refractivity contribution in [2.75, 3.05) is 25.2 Å². The number of methoxy groups -OCH3 is 1. The van der Waals surface area contributed by atoms with Crippen LogP contribution in [0.4, 0.5) is 10.2 Å². The summed E-state index contributed by atoms with van der Waals surface area (Å²) < 4.78 is 27.6. The van der Waals surface area contributed by atoms with Crippen molar-refractivity contribution in [3.8, 4) is 34.1 Å². The van der Waals surface area contributed by atoms with Gasteiger partial charge in [0, 0.05) is 42.9 Å². The van der Waals surface area contributed by atoms with E-state index in [1.54, 1.807) is 48.2 Å². The molecule has 1 fully saturated rings. The fraction of sp³-hybridized carbons (Fsp3) is 0.355.